The van der Waals surface area contributed by atoms with Crippen molar-refractivity contribution < 1.29 is 9.53 Å². The van der Waals surface area contributed by atoms with Gasteiger partial charge in [-0.1, -0.05) is 31.5 Å². The molecule has 1 aromatic rings. The summed E-state index contributed by atoms with van der Waals surface area (Å²) in [5.41, 5.74) is 7.56. The number of hydrogen-bond donors (Lipinski definition) is 2. The van der Waals surface area contributed by atoms with E-state index in [1.54, 1.807) is 0 Å². The average molecular weight is 315 g/mol. The SMILES string of the molecule is Cc1ccc(OCC(=O)NC(C)(CN)C(C)C)c(C)c1.Cl. The van der Waals surface area contributed by atoms with E-state index in [4.69, 9.17) is 10.5 Å². The number of halogens is 1. The molecule has 4 nitrogen and oxygen atoms in total. The Morgan fingerprint density at radius 3 is 2.48 bits per heavy atom. The summed E-state index contributed by atoms with van der Waals surface area (Å²) in [4.78, 5) is 12.0. The van der Waals surface area contributed by atoms with Gasteiger partial charge < -0.3 is 15.8 Å². The van der Waals surface area contributed by atoms with Crippen LogP contribution in [-0.2, 0) is 4.79 Å². The molecular weight excluding hydrogens is 288 g/mol. The molecule has 0 aliphatic rings. The molecule has 5 heteroatoms. The average Bonchev–Trinajstić information content (AvgIpc) is 2.37. The number of nitrogens with one attached hydrogen (secondary N) is 1. The minimum absolute atomic E-state index is 0. The van der Waals surface area contributed by atoms with Crippen LogP contribution in [-0.4, -0.2) is 24.6 Å². The van der Waals surface area contributed by atoms with Crippen molar-refractivity contribution >= 4 is 18.3 Å². The van der Waals surface area contributed by atoms with Gasteiger partial charge in [0.2, 0.25) is 0 Å². The molecule has 0 radical (unpaired) electrons. The minimum atomic E-state index is -0.400. The summed E-state index contributed by atoms with van der Waals surface area (Å²) in [5.74, 6) is 0.855. The molecule has 0 aromatic heterocycles. The first-order valence-corrected chi connectivity index (χ1v) is 6.99. The molecule has 0 aliphatic carbocycles. The first kappa shape index (κ1) is 19.7. The van der Waals surface area contributed by atoms with E-state index in [1.807, 2.05) is 52.8 Å². The second-order valence-corrected chi connectivity index (χ2v) is 5.88. The maximum absolute atomic E-state index is 12.0. The van der Waals surface area contributed by atoms with Crippen LogP contribution >= 0.6 is 12.4 Å². The van der Waals surface area contributed by atoms with E-state index in [0.717, 1.165) is 11.3 Å². The predicted molar refractivity (Wildman–Crippen MR) is 89.1 cm³/mol. The van der Waals surface area contributed by atoms with Crippen molar-refractivity contribution in [3.63, 3.8) is 0 Å². The maximum Gasteiger partial charge on any atom is 0.258 e. The molecule has 21 heavy (non-hydrogen) atoms. The fraction of sp³-hybridized carbons (Fsp3) is 0.562. The monoisotopic (exact) mass is 314 g/mol. The van der Waals surface area contributed by atoms with Crippen LogP contribution in [0.4, 0.5) is 0 Å². The molecule has 120 valence electrons. The fourth-order valence-electron chi connectivity index (χ4n) is 1.89. The zero-order chi connectivity index (χ0) is 15.3. The summed E-state index contributed by atoms with van der Waals surface area (Å²) in [6.45, 7) is 10.4. The molecule has 0 saturated heterocycles. The van der Waals surface area contributed by atoms with Gasteiger partial charge in [0, 0.05) is 6.54 Å². The first-order valence-electron chi connectivity index (χ1n) is 6.99. The molecular formula is C16H27ClN2O2. The lowest BCUT2D eigenvalue weighted by Gasteiger charge is -2.33. The molecule has 0 bridgehead atoms. The van der Waals surface area contributed by atoms with Gasteiger partial charge in [-0.2, -0.15) is 0 Å². The van der Waals surface area contributed by atoms with Gasteiger partial charge in [-0.15, -0.1) is 12.4 Å². The number of rotatable bonds is 6. The number of nitrogens with two attached hydrogens (primary N) is 1. The standard InChI is InChI=1S/C16H26N2O2.ClH/c1-11(2)16(5,10-17)18-15(19)9-20-14-7-6-12(3)8-13(14)4;/h6-8,11H,9-10,17H2,1-5H3,(H,18,19);1H. The van der Waals surface area contributed by atoms with Gasteiger partial charge in [0.05, 0.1) is 5.54 Å². The highest BCUT2D eigenvalue weighted by atomic mass is 35.5. The Morgan fingerprint density at radius 2 is 2.00 bits per heavy atom. The van der Waals surface area contributed by atoms with Crippen LogP contribution in [0.3, 0.4) is 0 Å². The highest BCUT2D eigenvalue weighted by Crippen LogP contribution is 2.19. The summed E-state index contributed by atoms with van der Waals surface area (Å²) in [6.07, 6.45) is 0. The van der Waals surface area contributed by atoms with E-state index < -0.39 is 5.54 Å². The second kappa shape index (κ2) is 8.25. The Balaban J connectivity index is 0.00000400. The quantitative estimate of drug-likeness (QED) is 0.848. The van der Waals surface area contributed by atoms with E-state index in [0.29, 0.717) is 6.54 Å². The molecule has 1 atom stereocenters. The highest BCUT2D eigenvalue weighted by molar-refractivity contribution is 5.85. The molecule has 1 rings (SSSR count). The largest absolute Gasteiger partial charge is 0.484 e. The van der Waals surface area contributed by atoms with Gasteiger partial charge in [0.15, 0.2) is 6.61 Å². The Bertz CT molecular complexity index is 477. The van der Waals surface area contributed by atoms with Gasteiger partial charge in [0.25, 0.3) is 5.91 Å². The molecule has 0 aliphatic heterocycles. The van der Waals surface area contributed by atoms with Crippen LogP contribution < -0.4 is 15.8 Å². The lowest BCUT2D eigenvalue weighted by molar-refractivity contribution is -0.125. The van der Waals surface area contributed by atoms with Crippen LogP contribution in [0.1, 0.15) is 31.9 Å². The molecule has 1 unspecified atom stereocenters. The topological polar surface area (TPSA) is 64.3 Å². The van der Waals surface area contributed by atoms with Crippen LogP contribution in [0.5, 0.6) is 5.75 Å². The normalized spacial score (nSPS) is 13.3. The second-order valence-electron chi connectivity index (χ2n) is 5.88. The van der Waals surface area contributed by atoms with Gasteiger partial charge in [-0.05, 0) is 38.3 Å². The fourth-order valence-corrected chi connectivity index (χ4v) is 1.89. The van der Waals surface area contributed by atoms with Gasteiger partial charge in [0.1, 0.15) is 5.75 Å². The lowest BCUT2D eigenvalue weighted by Crippen LogP contribution is -2.56. The Hall–Kier alpha value is -1.26. The van der Waals surface area contributed by atoms with Crippen molar-refractivity contribution in [1.29, 1.82) is 0 Å². The molecule has 1 amide bonds. The van der Waals surface area contributed by atoms with Crippen molar-refractivity contribution in [3.05, 3.63) is 29.3 Å². The third-order valence-electron chi connectivity index (χ3n) is 3.81. The van der Waals surface area contributed by atoms with Gasteiger partial charge in [-0.3, -0.25) is 4.79 Å². The zero-order valence-corrected chi connectivity index (χ0v) is 14.3. The van der Waals surface area contributed by atoms with Crippen molar-refractivity contribution in [2.24, 2.45) is 11.7 Å². The van der Waals surface area contributed by atoms with Crippen molar-refractivity contribution in [2.75, 3.05) is 13.2 Å². The molecule has 0 fully saturated rings. The molecule has 0 saturated carbocycles. The lowest BCUT2D eigenvalue weighted by atomic mass is 9.88. The number of amides is 1. The van der Waals surface area contributed by atoms with Crippen LogP contribution in [0.25, 0.3) is 0 Å². The number of hydrogen-bond acceptors (Lipinski definition) is 3. The first-order chi connectivity index (χ1) is 9.28. The number of carbonyl (C=O) groups is 1. The third kappa shape index (κ3) is 5.56. The number of carbonyl (C=O) groups excluding carboxylic acids is 1. The van der Waals surface area contributed by atoms with Crippen LogP contribution in [0.15, 0.2) is 18.2 Å². The van der Waals surface area contributed by atoms with Crippen molar-refractivity contribution in [2.45, 2.75) is 40.2 Å². The maximum atomic E-state index is 12.0. The number of ether oxygens (including phenoxy) is 1. The van der Waals surface area contributed by atoms with Gasteiger partial charge in [-0.25, -0.2) is 0 Å². The van der Waals surface area contributed by atoms with E-state index >= 15 is 0 Å². The summed E-state index contributed by atoms with van der Waals surface area (Å²) in [7, 11) is 0. The Labute approximate surface area is 133 Å². The predicted octanol–water partition coefficient (Wildman–Crippen LogP) is 2.59. The molecule has 0 heterocycles. The molecule has 1 aromatic carbocycles. The molecule has 0 spiro atoms. The van der Waals surface area contributed by atoms with Crippen molar-refractivity contribution in [1.82, 2.24) is 5.32 Å². The van der Waals surface area contributed by atoms with E-state index in [2.05, 4.69) is 5.32 Å². The number of benzene rings is 1. The smallest absolute Gasteiger partial charge is 0.258 e. The van der Waals surface area contributed by atoms with E-state index in [1.165, 1.54) is 5.56 Å². The summed E-state index contributed by atoms with van der Waals surface area (Å²) < 4.78 is 5.57. The highest BCUT2D eigenvalue weighted by Gasteiger charge is 2.28. The van der Waals surface area contributed by atoms with Crippen LogP contribution in [0.2, 0.25) is 0 Å². The van der Waals surface area contributed by atoms with E-state index in [-0.39, 0.29) is 30.8 Å². The number of aryl methyl sites for hydroxylation is 2. The summed E-state index contributed by atoms with van der Waals surface area (Å²) in [5, 5.41) is 2.95. The summed E-state index contributed by atoms with van der Waals surface area (Å²) in [6, 6.07) is 5.90. The Morgan fingerprint density at radius 1 is 1.38 bits per heavy atom. The zero-order valence-electron chi connectivity index (χ0n) is 13.5. The summed E-state index contributed by atoms with van der Waals surface area (Å²) >= 11 is 0. The van der Waals surface area contributed by atoms with E-state index in [9.17, 15) is 4.79 Å². The molecule has 3 N–H and O–H groups in total. The van der Waals surface area contributed by atoms with Crippen molar-refractivity contribution in [3.8, 4) is 5.75 Å². The van der Waals surface area contributed by atoms with Crippen LogP contribution in [0, 0.1) is 19.8 Å². The third-order valence-corrected chi connectivity index (χ3v) is 3.81. The van der Waals surface area contributed by atoms with Gasteiger partial charge >= 0.3 is 0 Å². The Kier molecular flexibility index (Phi) is 7.75. The minimum Gasteiger partial charge on any atom is -0.484 e.